The van der Waals surface area contributed by atoms with Gasteiger partial charge in [-0.2, -0.15) is 5.10 Å². The van der Waals surface area contributed by atoms with Crippen LogP contribution in [0.5, 0.6) is 0 Å². The molecule has 0 spiro atoms. The largest absolute Gasteiger partial charge is 0.462 e. The Kier molecular flexibility index (Phi) is 5.51. The molecule has 1 N–H and O–H groups in total. The van der Waals surface area contributed by atoms with E-state index in [1.54, 1.807) is 13.8 Å². The summed E-state index contributed by atoms with van der Waals surface area (Å²) in [7, 11) is 0. The zero-order valence-electron chi connectivity index (χ0n) is 12.5. The smallest absolute Gasteiger partial charge is 0.350 e. The zero-order chi connectivity index (χ0) is 16.1. The van der Waals surface area contributed by atoms with Crippen molar-refractivity contribution in [3.8, 4) is 0 Å². The van der Waals surface area contributed by atoms with Crippen LogP contribution >= 0.6 is 22.9 Å². The molecule has 2 aromatic rings. The molecule has 0 aliphatic heterocycles. The molecule has 0 saturated heterocycles. The van der Waals surface area contributed by atoms with E-state index in [9.17, 15) is 4.79 Å². The van der Waals surface area contributed by atoms with Crippen LogP contribution in [-0.4, -0.2) is 23.3 Å². The van der Waals surface area contributed by atoms with Gasteiger partial charge in [0.15, 0.2) is 0 Å². The van der Waals surface area contributed by atoms with Crippen LogP contribution in [0.15, 0.2) is 29.4 Å². The maximum Gasteiger partial charge on any atom is 0.350 e. The number of anilines is 1. The Morgan fingerprint density at radius 2 is 2.27 bits per heavy atom. The summed E-state index contributed by atoms with van der Waals surface area (Å²) in [5, 5.41) is 5.47. The molecule has 0 aliphatic rings. The average Bonchev–Trinajstić information content (AvgIpc) is 2.86. The summed E-state index contributed by atoms with van der Waals surface area (Å²) < 4.78 is 4.98. The Morgan fingerprint density at radius 3 is 2.95 bits per heavy atom. The fraction of sp³-hybridized carbons (Fsp3) is 0.267. The molecule has 7 heteroatoms. The van der Waals surface area contributed by atoms with Crippen LogP contribution in [0.3, 0.4) is 0 Å². The SMILES string of the molecule is CCOC(=O)c1sc(N/N=C(\C)c2cccc(Cl)c2)nc1C. The average molecular weight is 338 g/mol. The second kappa shape index (κ2) is 7.38. The second-order valence-corrected chi connectivity index (χ2v) is 5.91. The van der Waals surface area contributed by atoms with Gasteiger partial charge < -0.3 is 4.74 Å². The van der Waals surface area contributed by atoms with Crippen LogP contribution in [0.1, 0.15) is 34.8 Å². The van der Waals surface area contributed by atoms with Gasteiger partial charge in [0.25, 0.3) is 0 Å². The number of ether oxygens (including phenoxy) is 1. The molecule has 0 unspecified atom stereocenters. The first-order chi connectivity index (χ1) is 10.5. The van der Waals surface area contributed by atoms with E-state index in [2.05, 4.69) is 15.5 Å². The quantitative estimate of drug-likeness (QED) is 0.506. The lowest BCUT2D eigenvalue weighted by molar-refractivity contribution is 0.0531. The maximum atomic E-state index is 11.7. The third-order valence-corrected chi connectivity index (χ3v) is 4.10. The first-order valence-electron chi connectivity index (χ1n) is 6.72. The lowest BCUT2D eigenvalue weighted by atomic mass is 10.1. The molecule has 0 atom stereocenters. The lowest BCUT2D eigenvalue weighted by Crippen LogP contribution is -2.03. The number of rotatable bonds is 5. The first-order valence-corrected chi connectivity index (χ1v) is 7.91. The van der Waals surface area contributed by atoms with Crippen LogP contribution in [0.2, 0.25) is 5.02 Å². The van der Waals surface area contributed by atoms with E-state index < -0.39 is 0 Å². The molecule has 0 bridgehead atoms. The van der Waals surface area contributed by atoms with Gasteiger partial charge in [-0.25, -0.2) is 9.78 Å². The predicted molar refractivity (Wildman–Crippen MR) is 90.1 cm³/mol. The van der Waals surface area contributed by atoms with E-state index in [0.29, 0.717) is 27.3 Å². The van der Waals surface area contributed by atoms with Crippen molar-refractivity contribution in [1.29, 1.82) is 0 Å². The van der Waals surface area contributed by atoms with Crippen molar-refractivity contribution in [2.45, 2.75) is 20.8 Å². The first kappa shape index (κ1) is 16.5. The number of esters is 1. The summed E-state index contributed by atoms with van der Waals surface area (Å²) in [4.78, 5) is 16.5. The van der Waals surface area contributed by atoms with Gasteiger partial charge in [0.05, 0.1) is 18.0 Å². The van der Waals surface area contributed by atoms with Crippen molar-refractivity contribution >= 4 is 39.8 Å². The number of aryl methyl sites for hydroxylation is 1. The number of carbonyl (C=O) groups excluding carboxylic acids is 1. The molecule has 0 aliphatic carbocycles. The van der Waals surface area contributed by atoms with E-state index >= 15 is 0 Å². The highest BCUT2D eigenvalue weighted by atomic mass is 35.5. The van der Waals surface area contributed by atoms with Crippen molar-refractivity contribution in [2.24, 2.45) is 5.10 Å². The summed E-state index contributed by atoms with van der Waals surface area (Å²) in [5.41, 5.74) is 5.18. The normalized spacial score (nSPS) is 11.4. The highest BCUT2D eigenvalue weighted by Crippen LogP contribution is 2.23. The Hall–Kier alpha value is -1.92. The van der Waals surface area contributed by atoms with Gasteiger partial charge in [-0.1, -0.05) is 35.1 Å². The third-order valence-electron chi connectivity index (χ3n) is 2.82. The van der Waals surface area contributed by atoms with Crippen LogP contribution in [0.25, 0.3) is 0 Å². The molecule has 0 amide bonds. The number of aromatic nitrogens is 1. The van der Waals surface area contributed by atoms with Gasteiger partial charge in [-0.3, -0.25) is 5.43 Å². The molecule has 1 aromatic carbocycles. The number of hydrogen-bond acceptors (Lipinski definition) is 6. The maximum absolute atomic E-state index is 11.7. The van der Waals surface area contributed by atoms with E-state index in [1.165, 1.54) is 11.3 Å². The van der Waals surface area contributed by atoms with E-state index in [4.69, 9.17) is 16.3 Å². The molecule has 116 valence electrons. The van der Waals surface area contributed by atoms with E-state index in [0.717, 1.165) is 11.3 Å². The van der Waals surface area contributed by atoms with E-state index in [1.807, 2.05) is 31.2 Å². The monoisotopic (exact) mass is 337 g/mol. The molecular formula is C15H16ClN3O2S. The molecule has 22 heavy (non-hydrogen) atoms. The zero-order valence-corrected chi connectivity index (χ0v) is 14.1. The highest BCUT2D eigenvalue weighted by molar-refractivity contribution is 7.17. The van der Waals surface area contributed by atoms with Gasteiger partial charge in [-0.15, -0.1) is 0 Å². The number of halogens is 1. The Balaban J connectivity index is 2.13. The number of nitrogens with one attached hydrogen (secondary N) is 1. The fourth-order valence-corrected chi connectivity index (χ4v) is 2.73. The topological polar surface area (TPSA) is 63.6 Å². The van der Waals surface area contributed by atoms with E-state index in [-0.39, 0.29) is 5.97 Å². The minimum atomic E-state index is -0.360. The molecule has 1 aromatic heterocycles. The van der Waals surface area contributed by atoms with Crippen molar-refractivity contribution < 1.29 is 9.53 Å². The van der Waals surface area contributed by atoms with Crippen molar-refractivity contribution in [2.75, 3.05) is 12.0 Å². The van der Waals surface area contributed by atoms with Gasteiger partial charge in [0.1, 0.15) is 4.88 Å². The third kappa shape index (κ3) is 4.05. The lowest BCUT2D eigenvalue weighted by Gasteiger charge is -2.01. The second-order valence-electron chi connectivity index (χ2n) is 4.47. The summed E-state index contributed by atoms with van der Waals surface area (Å²) in [6.07, 6.45) is 0. The minimum absolute atomic E-state index is 0.338. The van der Waals surface area contributed by atoms with Crippen molar-refractivity contribution in [3.63, 3.8) is 0 Å². The van der Waals surface area contributed by atoms with Gasteiger partial charge in [-0.05, 0) is 38.5 Å². The predicted octanol–water partition coefficient (Wildman–Crippen LogP) is 4.12. The molecular weight excluding hydrogens is 322 g/mol. The molecule has 1 heterocycles. The molecule has 0 radical (unpaired) electrons. The molecule has 0 saturated carbocycles. The standard InChI is InChI=1S/C15H16ClN3O2S/c1-4-21-14(20)13-10(3)17-15(22-13)19-18-9(2)11-6-5-7-12(16)8-11/h5-8H,4H2,1-3H3,(H,17,19)/b18-9+. The van der Waals surface area contributed by atoms with Crippen molar-refractivity contribution in [1.82, 2.24) is 4.98 Å². The van der Waals surface area contributed by atoms with Crippen LogP contribution in [0, 0.1) is 6.92 Å². The molecule has 5 nitrogen and oxygen atoms in total. The molecule has 0 fully saturated rings. The Labute approximate surface area is 138 Å². The number of hydrazone groups is 1. The number of benzene rings is 1. The number of hydrogen-bond donors (Lipinski definition) is 1. The Morgan fingerprint density at radius 1 is 1.50 bits per heavy atom. The number of nitrogens with zero attached hydrogens (tertiary/aromatic N) is 2. The molecule has 2 rings (SSSR count). The number of thiazole rings is 1. The summed E-state index contributed by atoms with van der Waals surface area (Å²) in [6.45, 7) is 5.74. The highest BCUT2D eigenvalue weighted by Gasteiger charge is 2.16. The van der Waals surface area contributed by atoms with Crippen molar-refractivity contribution in [3.05, 3.63) is 45.4 Å². The summed E-state index contributed by atoms with van der Waals surface area (Å²) in [6, 6.07) is 7.42. The Bertz CT molecular complexity index is 713. The van der Waals surface area contributed by atoms with Gasteiger partial charge >= 0.3 is 5.97 Å². The van der Waals surface area contributed by atoms with Gasteiger partial charge in [0.2, 0.25) is 5.13 Å². The summed E-state index contributed by atoms with van der Waals surface area (Å²) in [5.74, 6) is -0.360. The fourth-order valence-electron chi connectivity index (χ4n) is 1.74. The van der Waals surface area contributed by atoms with Crippen LogP contribution < -0.4 is 5.43 Å². The number of carbonyl (C=O) groups is 1. The minimum Gasteiger partial charge on any atom is -0.462 e. The summed E-state index contributed by atoms with van der Waals surface area (Å²) >= 11 is 7.18. The van der Waals surface area contributed by atoms with Crippen LogP contribution in [0.4, 0.5) is 5.13 Å². The van der Waals surface area contributed by atoms with Crippen LogP contribution in [-0.2, 0) is 4.74 Å². The van der Waals surface area contributed by atoms with Gasteiger partial charge in [0, 0.05) is 5.02 Å².